The van der Waals surface area contributed by atoms with Crippen LogP contribution in [-0.4, -0.2) is 47.6 Å². The topological polar surface area (TPSA) is 56.1 Å². The largest absolute Gasteiger partial charge is 0.354 e. The molecule has 0 N–H and O–H groups in total. The molecule has 1 saturated heterocycles. The van der Waals surface area contributed by atoms with Crippen LogP contribution in [0.5, 0.6) is 0 Å². The van der Waals surface area contributed by atoms with E-state index in [0.717, 1.165) is 32.5 Å². The number of anilines is 1. The molecule has 5 nitrogen and oxygen atoms in total. The average molecular weight is 245 g/mol. The zero-order valence-corrected chi connectivity index (χ0v) is 11.0. The van der Waals surface area contributed by atoms with Crippen LogP contribution >= 0.6 is 0 Å². The molecule has 0 atom stereocenters. The van der Waals surface area contributed by atoms with Crippen molar-refractivity contribution in [3.63, 3.8) is 0 Å². The fourth-order valence-electron chi connectivity index (χ4n) is 2.46. The highest BCUT2D eigenvalue weighted by Crippen LogP contribution is 2.21. The molecule has 2 heterocycles. The van der Waals surface area contributed by atoms with Gasteiger partial charge in [-0.1, -0.05) is 6.92 Å². The molecule has 0 unspecified atom stereocenters. The summed E-state index contributed by atoms with van der Waals surface area (Å²) in [4.78, 5) is 12.9. The van der Waals surface area contributed by atoms with E-state index in [-0.39, 0.29) is 0 Å². The Labute approximate surface area is 108 Å². The minimum Gasteiger partial charge on any atom is -0.354 e. The zero-order valence-electron chi connectivity index (χ0n) is 11.0. The maximum atomic E-state index is 9.06. The van der Waals surface area contributed by atoms with Gasteiger partial charge >= 0.3 is 0 Å². The molecule has 96 valence electrons. The number of nitrogens with zero attached hydrogens (tertiary/aromatic N) is 5. The number of piperidine rings is 1. The van der Waals surface area contributed by atoms with Gasteiger partial charge in [0.15, 0.2) is 11.5 Å². The van der Waals surface area contributed by atoms with Gasteiger partial charge in [-0.2, -0.15) is 5.26 Å². The number of likely N-dealkylation sites (tertiary alicyclic amines) is 1. The lowest BCUT2D eigenvalue weighted by Gasteiger charge is -2.36. The Hall–Kier alpha value is -1.67. The Morgan fingerprint density at radius 1 is 1.39 bits per heavy atom. The van der Waals surface area contributed by atoms with Crippen LogP contribution in [-0.2, 0) is 0 Å². The normalized spacial score (nSPS) is 17.4. The highest BCUT2D eigenvalue weighted by atomic mass is 15.2. The van der Waals surface area contributed by atoms with Gasteiger partial charge in [0.25, 0.3) is 0 Å². The maximum absolute atomic E-state index is 9.06. The summed E-state index contributed by atoms with van der Waals surface area (Å²) in [6, 6.07) is 2.57. The number of aromatic nitrogens is 2. The predicted octanol–water partition coefficient (Wildman–Crippen LogP) is 1.27. The quantitative estimate of drug-likeness (QED) is 0.802. The standard InChI is InChI=1S/C13H19N5/c1-3-18-8-4-11(5-9-18)17(2)13-12(10-14)15-6-7-16-13/h6-7,11H,3-5,8-9H2,1-2H3. The fraction of sp³-hybridized carbons (Fsp3) is 0.615. The van der Waals surface area contributed by atoms with Crippen LogP contribution in [0.25, 0.3) is 0 Å². The molecule has 0 amide bonds. The third-order valence-electron chi connectivity index (χ3n) is 3.67. The van der Waals surface area contributed by atoms with Gasteiger partial charge in [0, 0.05) is 38.6 Å². The molecule has 1 aromatic rings. The Balaban J connectivity index is 2.08. The van der Waals surface area contributed by atoms with E-state index < -0.39 is 0 Å². The summed E-state index contributed by atoms with van der Waals surface area (Å²) < 4.78 is 0. The van der Waals surface area contributed by atoms with Gasteiger partial charge in [-0.05, 0) is 19.4 Å². The number of hydrogen-bond acceptors (Lipinski definition) is 5. The first kappa shape index (κ1) is 12.8. The van der Waals surface area contributed by atoms with Gasteiger partial charge in [0.05, 0.1) is 0 Å². The first-order valence-electron chi connectivity index (χ1n) is 6.42. The fourth-order valence-corrected chi connectivity index (χ4v) is 2.46. The highest BCUT2D eigenvalue weighted by molar-refractivity contribution is 5.49. The molecule has 0 bridgehead atoms. The molecule has 18 heavy (non-hydrogen) atoms. The summed E-state index contributed by atoms with van der Waals surface area (Å²) >= 11 is 0. The Bertz CT molecular complexity index is 431. The van der Waals surface area contributed by atoms with E-state index in [1.54, 1.807) is 12.4 Å². The van der Waals surface area contributed by atoms with Crippen molar-refractivity contribution in [1.29, 1.82) is 5.26 Å². The summed E-state index contributed by atoms with van der Waals surface area (Å²) in [6.45, 7) is 5.55. The molecule has 2 rings (SSSR count). The monoisotopic (exact) mass is 245 g/mol. The Kier molecular flexibility index (Phi) is 4.11. The lowest BCUT2D eigenvalue weighted by atomic mass is 10.0. The van der Waals surface area contributed by atoms with Crippen molar-refractivity contribution in [2.24, 2.45) is 0 Å². The molecular weight excluding hydrogens is 226 g/mol. The van der Waals surface area contributed by atoms with Crippen molar-refractivity contribution < 1.29 is 0 Å². The smallest absolute Gasteiger partial charge is 0.183 e. The molecule has 1 aliphatic rings. The molecule has 1 aliphatic heterocycles. The lowest BCUT2D eigenvalue weighted by Crippen LogP contribution is -2.43. The summed E-state index contributed by atoms with van der Waals surface area (Å²) in [5.41, 5.74) is 0.415. The number of nitriles is 1. The minimum atomic E-state index is 0.415. The minimum absolute atomic E-state index is 0.415. The number of hydrogen-bond donors (Lipinski definition) is 0. The van der Waals surface area contributed by atoms with Gasteiger partial charge in [-0.25, -0.2) is 9.97 Å². The second-order valence-corrected chi connectivity index (χ2v) is 4.62. The second-order valence-electron chi connectivity index (χ2n) is 4.62. The average Bonchev–Trinajstić information content (AvgIpc) is 2.46. The SMILES string of the molecule is CCN1CCC(N(C)c2nccnc2C#N)CC1. The van der Waals surface area contributed by atoms with E-state index in [1.165, 1.54) is 0 Å². The molecule has 0 aliphatic carbocycles. The third kappa shape index (κ3) is 2.59. The highest BCUT2D eigenvalue weighted by Gasteiger charge is 2.24. The van der Waals surface area contributed by atoms with Crippen molar-refractivity contribution >= 4 is 5.82 Å². The van der Waals surface area contributed by atoms with E-state index >= 15 is 0 Å². The molecule has 1 aromatic heterocycles. The van der Waals surface area contributed by atoms with Crippen LogP contribution in [0, 0.1) is 11.3 Å². The Morgan fingerprint density at radius 2 is 2.06 bits per heavy atom. The first-order chi connectivity index (χ1) is 8.76. The van der Waals surface area contributed by atoms with E-state index in [4.69, 9.17) is 5.26 Å². The molecule has 0 spiro atoms. The van der Waals surface area contributed by atoms with Gasteiger partial charge in [-0.15, -0.1) is 0 Å². The lowest BCUT2D eigenvalue weighted by molar-refractivity contribution is 0.220. The van der Waals surface area contributed by atoms with E-state index in [9.17, 15) is 0 Å². The van der Waals surface area contributed by atoms with Crippen LogP contribution < -0.4 is 4.90 Å². The van der Waals surface area contributed by atoms with E-state index in [1.807, 2.05) is 7.05 Å². The summed E-state index contributed by atoms with van der Waals surface area (Å²) in [5, 5.41) is 9.06. The van der Waals surface area contributed by atoms with Crippen LogP contribution in [0.1, 0.15) is 25.5 Å². The van der Waals surface area contributed by atoms with Crippen LogP contribution in [0.4, 0.5) is 5.82 Å². The first-order valence-corrected chi connectivity index (χ1v) is 6.42. The van der Waals surface area contributed by atoms with Gasteiger partial charge < -0.3 is 9.80 Å². The van der Waals surface area contributed by atoms with Gasteiger partial charge in [-0.3, -0.25) is 0 Å². The van der Waals surface area contributed by atoms with Crippen molar-refractivity contribution in [3.05, 3.63) is 18.1 Å². The van der Waals surface area contributed by atoms with Gasteiger partial charge in [0.2, 0.25) is 0 Å². The Morgan fingerprint density at radius 3 is 2.67 bits per heavy atom. The summed E-state index contributed by atoms with van der Waals surface area (Å²) in [5.74, 6) is 0.704. The third-order valence-corrected chi connectivity index (χ3v) is 3.67. The second kappa shape index (κ2) is 5.78. The maximum Gasteiger partial charge on any atom is 0.183 e. The summed E-state index contributed by atoms with van der Waals surface area (Å²) in [7, 11) is 2.01. The van der Waals surface area contributed by atoms with E-state index in [0.29, 0.717) is 17.6 Å². The predicted molar refractivity (Wildman–Crippen MR) is 70.3 cm³/mol. The van der Waals surface area contributed by atoms with Crippen molar-refractivity contribution in [2.75, 3.05) is 31.6 Å². The van der Waals surface area contributed by atoms with Crippen LogP contribution in [0.15, 0.2) is 12.4 Å². The molecule has 1 fully saturated rings. The van der Waals surface area contributed by atoms with Crippen molar-refractivity contribution in [1.82, 2.24) is 14.9 Å². The molecular formula is C13H19N5. The molecule has 0 saturated carbocycles. The zero-order chi connectivity index (χ0) is 13.0. The molecule has 0 aromatic carbocycles. The number of rotatable bonds is 3. The van der Waals surface area contributed by atoms with Crippen LogP contribution in [0.2, 0.25) is 0 Å². The molecule has 5 heteroatoms. The van der Waals surface area contributed by atoms with Crippen molar-refractivity contribution in [2.45, 2.75) is 25.8 Å². The summed E-state index contributed by atoms with van der Waals surface area (Å²) in [6.07, 6.45) is 5.45. The van der Waals surface area contributed by atoms with Crippen LogP contribution in [0.3, 0.4) is 0 Å². The van der Waals surface area contributed by atoms with Gasteiger partial charge in [0.1, 0.15) is 6.07 Å². The van der Waals surface area contributed by atoms with E-state index in [2.05, 4.69) is 32.8 Å². The van der Waals surface area contributed by atoms with Crippen molar-refractivity contribution in [3.8, 4) is 6.07 Å². The molecule has 0 radical (unpaired) electrons.